The average molecular weight is 413 g/mol. The number of pyridine rings is 1. The van der Waals surface area contributed by atoms with Gasteiger partial charge in [0.2, 0.25) is 0 Å². The third kappa shape index (κ3) is 4.30. The maximum Gasteiger partial charge on any atom is 0.330 e. The molecule has 0 bridgehead atoms. The van der Waals surface area contributed by atoms with Crippen LogP contribution in [-0.2, 0) is 0 Å². The summed E-state index contributed by atoms with van der Waals surface area (Å²) in [5.74, 6) is 0.138. The number of imidazole rings is 1. The van der Waals surface area contributed by atoms with Gasteiger partial charge in [-0.1, -0.05) is 24.3 Å². The predicted molar refractivity (Wildman–Crippen MR) is 118 cm³/mol. The zero-order valence-corrected chi connectivity index (χ0v) is 16.6. The Bertz CT molecular complexity index is 1320. The summed E-state index contributed by atoms with van der Waals surface area (Å²) in [4.78, 5) is 32.0. The Morgan fingerprint density at radius 3 is 2.81 bits per heavy atom. The molecule has 0 saturated heterocycles. The number of aromatic nitrogens is 3. The van der Waals surface area contributed by atoms with Crippen LogP contribution in [0.15, 0.2) is 84.1 Å². The quantitative estimate of drug-likeness (QED) is 0.370. The van der Waals surface area contributed by atoms with Crippen LogP contribution >= 0.6 is 0 Å². The summed E-state index contributed by atoms with van der Waals surface area (Å²) in [6, 6.07) is 15.3. The fourth-order valence-corrected chi connectivity index (χ4v) is 3.13. The number of ether oxygens (including phenoxy) is 1. The summed E-state index contributed by atoms with van der Waals surface area (Å²) in [5, 5.41) is 9.68. The first-order valence-electron chi connectivity index (χ1n) is 9.47. The van der Waals surface area contributed by atoms with E-state index in [1.54, 1.807) is 67.1 Å². The van der Waals surface area contributed by atoms with Gasteiger partial charge in [-0.3, -0.25) is 14.3 Å². The van der Waals surface area contributed by atoms with E-state index in [0.29, 0.717) is 28.3 Å². The molecule has 0 radical (unpaired) electrons. The van der Waals surface area contributed by atoms with Crippen molar-refractivity contribution in [1.29, 1.82) is 0 Å². The summed E-state index contributed by atoms with van der Waals surface area (Å²) in [5.41, 5.74) is 2.84. The number of nitrogens with zero attached hydrogens (tertiary/aromatic N) is 2. The number of methoxy groups -OCH3 is 1. The van der Waals surface area contributed by atoms with Crippen molar-refractivity contribution in [3.05, 3.63) is 101 Å². The van der Waals surface area contributed by atoms with Gasteiger partial charge in [0, 0.05) is 29.7 Å². The van der Waals surface area contributed by atoms with Crippen LogP contribution in [0.4, 0.5) is 0 Å². The molecule has 0 unspecified atom stereocenters. The van der Waals surface area contributed by atoms with E-state index in [9.17, 15) is 14.7 Å². The summed E-state index contributed by atoms with van der Waals surface area (Å²) in [7, 11) is 1.46. The van der Waals surface area contributed by atoms with Crippen molar-refractivity contribution < 1.29 is 14.6 Å². The largest absolute Gasteiger partial charge is 0.504 e. The zero-order chi connectivity index (χ0) is 21.8. The molecule has 2 heterocycles. The molecule has 0 amide bonds. The van der Waals surface area contributed by atoms with Crippen LogP contribution in [0.25, 0.3) is 23.0 Å². The second-order valence-electron chi connectivity index (χ2n) is 6.76. The number of allylic oxidation sites excluding steroid dienone is 1. The van der Waals surface area contributed by atoms with E-state index in [4.69, 9.17) is 4.74 Å². The molecule has 0 aliphatic carbocycles. The number of nitrogens with one attached hydrogen (secondary N) is 1. The van der Waals surface area contributed by atoms with Gasteiger partial charge in [0.05, 0.1) is 18.5 Å². The second-order valence-corrected chi connectivity index (χ2v) is 6.76. The molecule has 7 nitrogen and oxygen atoms in total. The number of hydrogen-bond donors (Lipinski definition) is 2. The Hall–Kier alpha value is -4.39. The minimum Gasteiger partial charge on any atom is -0.504 e. The second kappa shape index (κ2) is 8.54. The number of ketones is 1. The maximum atomic E-state index is 12.7. The number of phenolic OH excluding ortho intramolecular Hbond substituents is 1. The van der Waals surface area contributed by atoms with Crippen molar-refractivity contribution in [2.45, 2.75) is 0 Å². The summed E-state index contributed by atoms with van der Waals surface area (Å²) >= 11 is 0. The molecule has 2 aromatic heterocycles. The van der Waals surface area contributed by atoms with Crippen LogP contribution in [0.5, 0.6) is 11.5 Å². The van der Waals surface area contributed by atoms with Crippen molar-refractivity contribution in [3.8, 4) is 28.4 Å². The van der Waals surface area contributed by atoms with Crippen molar-refractivity contribution in [3.63, 3.8) is 0 Å². The van der Waals surface area contributed by atoms with Gasteiger partial charge >= 0.3 is 5.69 Å². The third-order valence-electron chi connectivity index (χ3n) is 4.73. The van der Waals surface area contributed by atoms with Crippen molar-refractivity contribution in [2.24, 2.45) is 0 Å². The van der Waals surface area contributed by atoms with Gasteiger partial charge in [-0.05, 0) is 48.0 Å². The van der Waals surface area contributed by atoms with E-state index in [0.717, 1.165) is 5.56 Å². The number of benzene rings is 2. The Kier molecular flexibility index (Phi) is 5.49. The molecule has 31 heavy (non-hydrogen) atoms. The van der Waals surface area contributed by atoms with Gasteiger partial charge in [0.25, 0.3) is 0 Å². The fraction of sp³-hybridized carbons (Fsp3) is 0.0417. The summed E-state index contributed by atoms with van der Waals surface area (Å²) in [6.07, 6.45) is 8.08. The zero-order valence-electron chi connectivity index (χ0n) is 16.6. The highest BCUT2D eigenvalue weighted by Crippen LogP contribution is 2.26. The summed E-state index contributed by atoms with van der Waals surface area (Å²) in [6.45, 7) is 0. The van der Waals surface area contributed by atoms with Crippen molar-refractivity contribution in [1.82, 2.24) is 14.5 Å². The lowest BCUT2D eigenvalue weighted by atomic mass is 10.1. The monoisotopic (exact) mass is 413 g/mol. The van der Waals surface area contributed by atoms with Crippen LogP contribution in [0.3, 0.4) is 0 Å². The molecular weight excluding hydrogens is 394 g/mol. The number of phenols is 1. The molecule has 2 aromatic carbocycles. The first-order valence-corrected chi connectivity index (χ1v) is 9.47. The molecule has 0 saturated carbocycles. The molecule has 0 aliphatic rings. The Labute approximate surface area is 177 Å². The van der Waals surface area contributed by atoms with Gasteiger partial charge in [-0.15, -0.1) is 0 Å². The van der Waals surface area contributed by atoms with E-state index in [2.05, 4.69) is 9.97 Å². The lowest BCUT2D eigenvalue weighted by Gasteiger charge is -2.04. The number of H-pyrrole nitrogens is 1. The highest BCUT2D eigenvalue weighted by atomic mass is 16.5. The van der Waals surface area contributed by atoms with Crippen molar-refractivity contribution in [2.75, 3.05) is 7.11 Å². The lowest BCUT2D eigenvalue weighted by molar-refractivity contribution is 0.104. The predicted octanol–water partition coefficient (Wildman–Crippen LogP) is 3.84. The number of rotatable bonds is 6. The Morgan fingerprint density at radius 1 is 1.16 bits per heavy atom. The van der Waals surface area contributed by atoms with Gasteiger partial charge < -0.3 is 14.8 Å². The molecule has 0 spiro atoms. The smallest absolute Gasteiger partial charge is 0.330 e. The van der Waals surface area contributed by atoms with E-state index < -0.39 is 0 Å². The van der Waals surface area contributed by atoms with Gasteiger partial charge in [0.1, 0.15) is 0 Å². The maximum absolute atomic E-state index is 12.7. The molecule has 4 aromatic rings. The molecule has 4 rings (SSSR count). The first kappa shape index (κ1) is 19.9. The third-order valence-corrected chi connectivity index (χ3v) is 4.73. The number of carbonyl (C=O) groups excluding carboxylic acids is 1. The summed E-state index contributed by atoms with van der Waals surface area (Å²) < 4.78 is 6.53. The van der Waals surface area contributed by atoms with E-state index >= 15 is 0 Å². The van der Waals surface area contributed by atoms with Crippen LogP contribution in [0, 0.1) is 0 Å². The molecule has 0 aliphatic heterocycles. The number of carbonyl (C=O) groups is 1. The normalized spacial score (nSPS) is 11.0. The van der Waals surface area contributed by atoms with Crippen LogP contribution in [0.2, 0.25) is 0 Å². The van der Waals surface area contributed by atoms with Crippen LogP contribution < -0.4 is 10.4 Å². The molecule has 154 valence electrons. The molecule has 0 fully saturated rings. The van der Waals surface area contributed by atoms with E-state index in [-0.39, 0.29) is 17.2 Å². The molecular formula is C24H19N3O4. The minimum absolute atomic E-state index is 0.0290. The SMILES string of the molecule is COc1cc(C=CC(=O)c2cccc(-n3cc(-c4cccnc4)[nH]c3=O)c2)ccc1O. The molecule has 2 N–H and O–H groups in total. The van der Waals surface area contributed by atoms with Crippen molar-refractivity contribution >= 4 is 11.9 Å². The van der Waals surface area contributed by atoms with Crippen LogP contribution in [0.1, 0.15) is 15.9 Å². The first-order chi connectivity index (χ1) is 15.0. The number of aromatic amines is 1. The topological polar surface area (TPSA) is 97.2 Å². The van der Waals surface area contributed by atoms with E-state index in [1.807, 2.05) is 6.07 Å². The Morgan fingerprint density at radius 2 is 2.03 bits per heavy atom. The van der Waals surface area contributed by atoms with E-state index in [1.165, 1.54) is 23.8 Å². The number of aromatic hydroxyl groups is 1. The van der Waals surface area contributed by atoms with Gasteiger partial charge in [-0.2, -0.15) is 0 Å². The minimum atomic E-state index is -0.310. The lowest BCUT2D eigenvalue weighted by Crippen LogP contribution is -2.14. The van der Waals surface area contributed by atoms with Crippen LogP contribution in [-0.4, -0.2) is 32.5 Å². The highest BCUT2D eigenvalue weighted by Gasteiger charge is 2.10. The molecule has 7 heteroatoms. The Balaban J connectivity index is 1.60. The average Bonchev–Trinajstić information content (AvgIpc) is 3.20. The standard InChI is InChI=1S/C24H19N3O4/c1-31-23-12-16(8-10-22(23)29)7-9-21(28)17-4-2-6-19(13-17)27-15-20(26-24(27)30)18-5-3-11-25-14-18/h2-15,29H,1H3,(H,26,30). The molecule has 0 atom stereocenters. The van der Waals surface area contributed by atoms with Gasteiger partial charge in [-0.25, -0.2) is 4.79 Å². The number of hydrogen-bond acceptors (Lipinski definition) is 5. The van der Waals surface area contributed by atoms with Gasteiger partial charge in [0.15, 0.2) is 17.3 Å². The highest BCUT2D eigenvalue weighted by molar-refractivity contribution is 6.07. The fourth-order valence-electron chi connectivity index (χ4n) is 3.13.